The van der Waals surface area contributed by atoms with Crippen molar-refractivity contribution in [3.05, 3.63) is 59.3 Å². The molecule has 1 heterocycles. The molecule has 0 saturated heterocycles. The van der Waals surface area contributed by atoms with E-state index in [0.717, 1.165) is 29.2 Å². The molecule has 0 fully saturated rings. The second-order valence-corrected chi connectivity index (χ2v) is 7.93. The molecule has 0 saturated carbocycles. The maximum Gasteiger partial charge on any atom is 0.416 e. The lowest BCUT2D eigenvalue weighted by Gasteiger charge is -2.33. The Morgan fingerprint density at radius 1 is 1.13 bits per heavy atom. The van der Waals surface area contributed by atoms with Gasteiger partial charge in [-0.25, -0.2) is 9.97 Å². The molecule has 0 spiro atoms. The van der Waals surface area contributed by atoms with E-state index >= 15 is 0 Å². The number of ether oxygens (including phenoxy) is 1. The first kappa shape index (κ1) is 20.0. The first-order valence-corrected chi connectivity index (χ1v) is 9.30. The van der Waals surface area contributed by atoms with Crippen LogP contribution in [0.2, 0.25) is 0 Å². The van der Waals surface area contributed by atoms with Gasteiger partial charge in [-0.3, -0.25) is 0 Å². The summed E-state index contributed by atoms with van der Waals surface area (Å²) < 4.78 is 44.5. The fourth-order valence-corrected chi connectivity index (χ4v) is 3.81. The topological polar surface area (TPSA) is 67.3 Å². The molecule has 30 heavy (non-hydrogen) atoms. The van der Waals surface area contributed by atoms with Crippen LogP contribution in [0.5, 0.6) is 11.5 Å². The lowest BCUT2D eigenvalue weighted by atomic mass is 9.72. The molecule has 1 aliphatic carbocycles. The lowest BCUT2D eigenvalue weighted by Crippen LogP contribution is -2.26. The van der Waals surface area contributed by atoms with Gasteiger partial charge in [0.25, 0.3) is 0 Å². The van der Waals surface area contributed by atoms with E-state index in [9.17, 15) is 18.3 Å². The van der Waals surface area contributed by atoms with Crippen molar-refractivity contribution in [2.45, 2.75) is 31.9 Å². The lowest BCUT2D eigenvalue weighted by molar-refractivity contribution is -0.137. The second kappa shape index (κ2) is 6.90. The summed E-state index contributed by atoms with van der Waals surface area (Å²) in [6, 6.07) is 8.58. The summed E-state index contributed by atoms with van der Waals surface area (Å²) in [5.74, 6) is 0.330. The van der Waals surface area contributed by atoms with Gasteiger partial charge in [0.1, 0.15) is 11.5 Å². The number of hydrogen-bond donors (Lipinski definition) is 2. The molecule has 2 N–H and O–H groups in total. The number of rotatable bonds is 3. The van der Waals surface area contributed by atoms with Gasteiger partial charge in [0.15, 0.2) is 0 Å². The fraction of sp³-hybridized carbons (Fsp3) is 0.273. The zero-order valence-corrected chi connectivity index (χ0v) is 16.6. The van der Waals surface area contributed by atoms with Crippen LogP contribution in [-0.2, 0) is 18.0 Å². The average Bonchev–Trinajstić information content (AvgIpc) is 2.67. The number of nitrogens with one attached hydrogen (secondary N) is 1. The Labute approximate surface area is 171 Å². The summed E-state index contributed by atoms with van der Waals surface area (Å²) in [6.45, 7) is 4.28. The third-order valence-electron chi connectivity index (χ3n) is 5.21. The van der Waals surface area contributed by atoms with E-state index < -0.39 is 17.5 Å². The van der Waals surface area contributed by atoms with Crippen molar-refractivity contribution in [1.82, 2.24) is 9.97 Å². The van der Waals surface area contributed by atoms with Crippen molar-refractivity contribution >= 4 is 11.6 Å². The van der Waals surface area contributed by atoms with E-state index in [1.807, 2.05) is 18.2 Å². The van der Waals surface area contributed by atoms with Crippen molar-refractivity contribution in [3.8, 4) is 22.8 Å². The van der Waals surface area contributed by atoms with Crippen LogP contribution in [0, 0.1) is 0 Å². The molecule has 8 heteroatoms. The molecular formula is C22H20F3N3O2. The predicted octanol–water partition coefficient (Wildman–Crippen LogP) is 5.45. The molecule has 0 bridgehead atoms. The Morgan fingerprint density at radius 3 is 2.60 bits per heavy atom. The Hall–Kier alpha value is -3.29. The van der Waals surface area contributed by atoms with Gasteiger partial charge >= 0.3 is 6.18 Å². The van der Waals surface area contributed by atoms with Crippen LogP contribution in [-0.4, -0.2) is 22.2 Å². The highest BCUT2D eigenvalue weighted by molar-refractivity contribution is 5.74. The minimum absolute atomic E-state index is 0.0456. The molecule has 1 aromatic heterocycles. The van der Waals surface area contributed by atoms with Gasteiger partial charge in [0, 0.05) is 23.5 Å². The number of aromatic hydroxyl groups is 1. The molecule has 156 valence electrons. The molecule has 0 unspecified atom stereocenters. The van der Waals surface area contributed by atoms with Crippen molar-refractivity contribution in [3.63, 3.8) is 0 Å². The number of hydrogen-bond acceptors (Lipinski definition) is 5. The number of alkyl halides is 3. The fourth-order valence-electron chi connectivity index (χ4n) is 3.81. The second-order valence-electron chi connectivity index (χ2n) is 7.93. The van der Waals surface area contributed by atoms with Gasteiger partial charge in [-0.15, -0.1) is 0 Å². The predicted molar refractivity (Wildman–Crippen MR) is 107 cm³/mol. The van der Waals surface area contributed by atoms with E-state index in [2.05, 4.69) is 29.1 Å². The molecular weight excluding hydrogens is 395 g/mol. The third kappa shape index (κ3) is 3.65. The zero-order chi connectivity index (χ0) is 21.7. The minimum Gasteiger partial charge on any atom is -0.508 e. The summed E-state index contributed by atoms with van der Waals surface area (Å²) in [7, 11) is 1.59. The normalized spacial score (nSPS) is 14.6. The molecule has 5 nitrogen and oxygen atoms in total. The number of fused-ring (bicyclic) bond motifs is 3. The molecule has 0 radical (unpaired) electrons. The SMILES string of the molecule is COc1ccc2c(c1)-c1nc(Nc3cc(O)cc(C(F)(F)F)c3)ncc1CC2(C)C. The number of anilines is 2. The van der Waals surface area contributed by atoms with Gasteiger partial charge in [0.05, 0.1) is 18.4 Å². The highest BCUT2D eigenvalue weighted by Gasteiger charge is 2.33. The van der Waals surface area contributed by atoms with Crippen molar-refractivity contribution in [2.24, 2.45) is 0 Å². The number of phenols is 1. The van der Waals surface area contributed by atoms with Gasteiger partial charge in [0.2, 0.25) is 5.95 Å². The maximum absolute atomic E-state index is 13.0. The third-order valence-corrected chi connectivity index (χ3v) is 5.21. The Balaban J connectivity index is 1.76. The smallest absolute Gasteiger partial charge is 0.416 e. The summed E-state index contributed by atoms with van der Waals surface area (Å²) in [4.78, 5) is 8.85. The van der Waals surface area contributed by atoms with Crippen LogP contribution in [0.1, 0.15) is 30.5 Å². The number of aromatic nitrogens is 2. The van der Waals surface area contributed by atoms with E-state index in [0.29, 0.717) is 17.5 Å². The number of halogens is 3. The van der Waals surface area contributed by atoms with Crippen molar-refractivity contribution in [2.75, 3.05) is 12.4 Å². The van der Waals surface area contributed by atoms with E-state index in [4.69, 9.17) is 4.74 Å². The van der Waals surface area contributed by atoms with E-state index in [1.54, 1.807) is 13.3 Å². The quantitative estimate of drug-likeness (QED) is 0.595. The van der Waals surface area contributed by atoms with Crippen LogP contribution in [0.3, 0.4) is 0 Å². The van der Waals surface area contributed by atoms with Gasteiger partial charge in [-0.2, -0.15) is 13.2 Å². The average molecular weight is 415 g/mol. The highest BCUT2D eigenvalue weighted by Crippen LogP contribution is 2.43. The Morgan fingerprint density at radius 2 is 1.90 bits per heavy atom. The largest absolute Gasteiger partial charge is 0.508 e. The number of phenolic OH excluding ortho intramolecular Hbond substituents is 1. The van der Waals surface area contributed by atoms with Crippen LogP contribution < -0.4 is 10.1 Å². The zero-order valence-electron chi connectivity index (χ0n) is 16.6. The Kier molecular flexibility index (Phi) is 4.60. The standard InChI is InChI=1S/C22H20F3N3O2/c1-21(2)10-12-11-26-20(27-14-6-13(22(23,24)25)7-15(29)8-14)28-19(12)17-9-16(30-3)4-5-18(17)21/h4-9,11,29H,10H2,1-3H3,(H,26,27,28). The van der Waals surface area contributed by atoms with Gasteiger partial charge < -0.3 is 15.2 Å². The summed E-state index contributed by atoms with van der Waals surface area (Å²) >= 11 is 0. The van der Waals surface area contributed by atoms with Crippen LogP contribution in [0.25, 0.3) is 11.3 Å². The first-order valence-electron chi connectivity index (χ1n) is 9.30. The van der Waals surface area contributed by atoms with E-state index in [-0.39, 0.29) is 17.1 Å². The number of methoxy groups -OCH3 is 1. The van der Waals surface area contributed by atoms with E-state index in [1.165, 1.54) is 6.07 Å². The van der Waals surface area contributed by atoms with Crippen molar-refractivity contribution in [1.29, 1.82) is 0 Å². The molecule has 1 aliphatic rings. The summed E-state index contributed by atoms with van der Waals surface area (Å²) in [6.07, 6.45) is -2.17. The number of nitrogens with zero attached hydrogens (tertiary/aromatic N) is 2. The molecule has 0 aliphatic heterocycles. The van der Waals surface area contributed by atoms with Crippen LogP contribution in [0.15, 0.2) is 42.6 Å². The first-order chi connectivity index (χ1) is 14.1. The van der Waals surface area contributed by atoms with Crippen molar-refractivity contribution < 1.29 is 23.0 Å². The highest BCUT2D eigenvalue weighted by atomic mass is 19.4. The van der Waals surface area contributed by atoms with Crippen LogP contribution >= 0.6 is 0 Å². The summed E-state index contributed by atoms with van der Waals surface area (Å²) in [5, 5.41) is 12.5. The number of benzene rings is 2. The monoisotopic (exact) mass is 415 g/mol. The van der Waals surface area contributed by atoms with Gasteiger partial charge in [-0.05, 0) is 47.2 Å². The molecule has 2 aromatic carbocycles. The maximum atomic E-state index is 13.0. The molecule has 0 amide bonds. The van der Waals surface area contributed by atoms with Crippen LogP contribution in [0.4, 0.5) is 24.8 Å². The molecule has 4 rings (SSSR count). The van der Waals surface area contributed by atoms with Gasteiger partial charge in [-0.1, -0.05) is 19.9 Å². The molecule has 0 atom stereocenters. The molecule has 3 aromatic rings. The summed E-state index contributed by atoms with van der Waals surface area (Å²) in [5.41, 5.74) is 2.62. The minimum atomic E-state index is -4.58. The Bertz CT molecular complexity index is 1130.